The van der Waals surface area contributed by atoms with Crippen molar-refractivity contribution in [3.8, 4) is 5.75 Å². The molecule has 0 unspecified atom stereocenters. The number of benzene rings is 2. The molecule has 2 atom stereocenters. The van der Waals surface area contributed by atoms with Gasteiger partial charge in [0.2, 0.25) is 0 Å². The van der Waals surface area contributed by atoms with Crippen LogP contribution < -0.4 is 10.8 Å². The molecule has 2 aromatic carbocycles. The summed E-state index contributed by atoms with van der Waals surface area (Å²) < 4.78 is 11.9. The van der Waals surface area contributed by atoms with Gasteiger partial charge in [0.05, 0.1) is 6.10 Å². The minimum Gasteiger partial charge on any atom is -0.508 e. The fourth-order valence-corrected chi connectivity index (χ4v) is 3.14. The van der Waals surface area contributed by atoms with E-state index in [0.29, 0.717) is 28.6 Å². The molecule has 0 heterocycles. The molecule has 0 aliphatic rings. The molecule has 2 amide bonds. The highest BCUT2D eigenvalue weighted by atomic mass is 79.9. The van der Waals surface area contributed by atoms with Crippen LogP contribution in [0, 0.1) is 0 Å². The third-order valence-corrected chi connectivity index (χ3v) is 4.68. The SMILES string of the molecule is CO[C@H](CC/C=C/C(=O)NO)[C@H](OC(=O)Nc1ccccc1)c1cc(Br)ccc1O. The maximum atomic E-state index is 12.5. The van der Waals surface area contributed by atoms with Crippen molar-refractivity contribution in [2.75, 3.05) is 12.4 Å². The number of para-hydroxylation sites is 1. The van der Waals surface area contributed by atoms with E-state index in [4.69, 9.17) is 14.7 Å². The second-order valence-electron chi connectivity index (χ2n) is 6.25. The van der Waals surface area contributed by atoms with Crippen LogP contribution >= 0.6 is 15.9 Å². The number of carbonyl (C=O) groups is 2. The van der Waals surface area contributed by atoms with Gasteiger partial charge < -0.3 is 14.6 Å². The van der Waals surface area contributed by atoms with Crippen LogP contribution in [0.1, 0.15) is 24.5 Å². The standard InChI is InChI=1S/C21H23BrN2O6/c1-29-18(9-5-6-10-19(26)24-28)20(16-13-14(22)11-12-17(16)25)30-21(27)23-15-7-3-2-4-8-15/h2-4,6-8,10-13,18,20,25,28H,5,9H2,1H3,(H,23,27)(H,24,26)/b10-6+/t18-,20-/m1/s1. The first kappa shape index (κ1) is 23.4. The van der Waals surface area contributed by atoms with Gasteiger partial charge >= 0.3 is 6.09 Å². The van der Waals surface area contributed by atoms with Crippen LogP contribution in [0.25, 0.3) is 0 Å². The predicted molar refractivity (Wildman–Crippen MR) is 114 cm³/mol. The normalized spacial score (nSPS) is 12.9. The van der Waals surface area contributed by atoms with Crippen LogP contribution in [0.3, 0.4) is 0 Å². The molecule has 0 aliphatic carbocycles. The summed E-state index contributed by atoms with van der Waals surface area (Å²) in [6.07, 6.45) is 1.27. The fourth-order valence-electron chi connectivity index (χ4n) is 2.76. The van der Waals surface area contributed by atoms with Crippen LogP contribution in [0.5, 0.6) is 5.75 Å². The molecular weight excluding hydrogens is 456 g/mol. The Balaban J connectivity index is 2.20. The van der Waals surface area contributed by atoms with Gasteiger partial charge in [-0.15, -0.1) is 0 Å². The van der Waals surface area contributed by atoms with Crippen molar-refractivity contribution in [1.29, 1.82) is 0 Å². The third-order valence-electron chi connectivity index (χ3n) is 4.19. The number of phenolic OH excluding ortho intramolecular Hbond substituents is 1. The Hall–Kier alpha value is -2.88. The lowest BCUT2D eigenvalue weighted by Gasteiger charge is -2.27. The molecule has 0 aromatic heterocycles. The zero-order valence-corrected chi connectivity index (χ0v) is 17.8. The summed E-state index contributed by atoms with van der Waals surface area (Å²) in [7, 11) is 1.47. The average Bonchev–Trinajstić information content (AvgIpc) is 2.75. The molecule has 0 saturated carbocycles. The van der Waals surface area contributed by atoms with E-state index in [1.807, 2.05) is 6.07 Å². The summed E-state index contributed by atoms with van der Waals surface area (Å²) in [6.45, 7) is 0. The zero-order chi connectivity index (χ0) is 21.9. The molecule has 9 heteroatoms. The maximum Gasteiger partial charge on any atom is 0.412 e. The van der Waals surface area contributed by atoms with Crippen LogP contribution in [-0.4, -0.2) is 35.5 Å². The van der Waals surface area contributed by atoms with E-state index in [1.54, 1.807) is 42.5 Å². The maximum absolute atomic E-state index is 12.5. The fraction of sp³-hybridized carbons (Fsp3) is 0.238. The highest BCUT2D eigenvalue weighted by Gasteiger charge is 2.29. The van der Waals surface area contributed by atoms with Gasteiger partial charge in [0.1, 0.15) is 5.75 Å². The minimum absolute atomic E-state index is 0.0482. The minimum atomic E-state index is -0.920. The topological polar surface area (TPSA) is 117 Å². The molecule has 2 aromatic rings. The van der Waals surface area contributed by atoms with Crippen molar-refractivity contribution in [3.05, 3.63) is 70.7 Å². The third kappa shape index (κ3) is 7.18. The van der Waals surface area contributed by atoms with Crippen molar-refractivity contribution < 1.29 is 29.4 Å². The van der Waals surface area contributed by atoms with Gasteiger partial charge in [0.15, 0.2) is 6.10 Å². The average molecular weight is 479 g/mol. The van der Waals surface area contributed by atoms with E-state index in [9.17, 15) is 14.7 Å². The van der Waals surface area contributed by atoms with Crippen LogP contribution in [-0.2, 0) is 14.3 Å². The number of nitrogens with one attached hydrogen (secondary N) is 2. The smallest absolute Gasteiger partial charge is 0.412 e. The Labute approximate surface area is 182 Å². The number of halogens is 1. The molecular formula is C21H23BrN2O6. The van der Waals surface area contributed by atoms with E-state index in [-0.39, 0.29) is 5.75 Å². The summed E-state index contributed by atoms with van der Waals surface area (Å²) in [5.74, 6) is -0.698. The van der Waals surface area contributed by atoms with Crippen molar-refractivity contribution in [2.45, 2.75) is 25.0 Å². The van der Waals surface area contributed by atoms with Gasteiger partial charge in [-0.2, -0.15) is 0 Å². The molecule has 0 saturated heterocycles. The van der Waals surface area contributed by atoms with Gasteiger partial charge in [0, 0.05) is 28.9 Å². The number of phenols is 1. The molecule has 4 N–H and O–H groups in total. The molecule has 0 bridgehead atoms. The van der Waals surface area contributed by atoms with E-state index in [2.05, 4.69) is 21.2 Å². The van der Waals surface area contributed by atoms with Gasteiger partial charge in [0.25, 0.3) is 5.91 Å². The van der Waals surface area contributed by atoms with E-state index in [0.717, 1.165) is 0 Å². The number of hydrogen-bond acceptors (Lipinski definition) is 6. The summed E-state index contributed by atoms with van der Waals surface area (Å²) in [5, 5.41) is 21.5. The number of rotatable bonds is 9. The summed E-state index contributed by atoms with van der Waals surface area (Å²) >= 11 is 3.36. The lowest BCUT2D eigenvalue weighted by molar-refractivity contribution is -0.124. The van der Waals surface area contributed by atoms with Gasteiger partial charge in [-0.1, -0.05) is 40.2 Å². The van der Waals surface area contributed by atoms with Crippen molar-refractivity contribution in [1.82, 2.24) is 5.48 Å². The first-order valence-corrected chi connectivity index (χ1v) is 9.88. The highest BCUT2D eigenvalue weighted by molar-refractivity contribution is 9.10. The molecule has 0 aliphatic heterocycles. The van der Waals surface area contributed by atoms with Crippen LogP contribution in [0.2, 0.25) is 0 Å². The first-order chi connectivity index (χ1) is 14.4. The second-order valence-corrected chi connectivity index (χ2v) is 7.17. The Morgan fingerprint density at radius 1 is 1.20 bits per heavy atom. The van der Waals surface area contributed by atoms with Crippen LogP contribution in [0.15, 0.2) is 65.2 Å². The Kier molecular flexibility index (Phi) is 9.33. The Morgan fingerprint density at radius 2 is 1.93 bits per heavy atom. The number of methoxy groups -OCH3 is 1. The van der Waals surface area contributed by atoms with Gasteiger partial charge in [-0.3, -0.25) is 15.3 Å². The number of hydrogen-bond donors (Lipinski definition) is 4. The molecule has 30 heavy (non-hydrogen) atoms. The molecule has 0 fully saturated rings. The number of ether oxygens (including phenoxy) is 2. The number of allylic oxidation sites excluding steroid dienone is 1. The Morgan fingerprint density at radius 3 is 2.60 bits per heavy atom. The monoisotopic (exact) mass is 478 g/mol. The summed E-state index contributed by atoms with van der Waals surface area (Å²) in [4.78, 5) is 23.6. The van der Waals surface area contributed by atoms with Crippen molar-refractivity contribution in [3.63, 3.8) is 0 Å². The molecule has 0 radical (unpaired) electrons. The lowest BCUT2D eigenvalue weighted by Crippen LogP contribution is -2.28. The number of aromatic hydroxyl groups is 1. The molecule has 2 rings (SSSR count). The number of amides is 2. The van der Waals surface area contributed by atoms with Crippen molar-refractivity contribution in [2.24, 2.45) is 0 Å². The number of anilines is 1. The summed E-state index contributed by atoms with van der Waals surface area (Å²) in [5.41, 5.74) is 2.44. The number of hydroxylamine groups is 1. The van der Waals surface area contributed by atoms with Gasteiger partial charge in [-0.05, 0) is 43.2 Å². The highest BCUT2D eigenvalue weighted by Crippen LogP contribution is 2.34. The lowest BCUT2D eigenvalue weighted by atomic mass is 9.99. The van der Waals surface area contributed by atoms with E-state index < -0.39 is 24.2 Å². The van der Waals surface area contributed by atoms with Gasteiger partial charge in [-0.25, -0.2) is 10.3 Å². The zero-order valence-electron chi connectivity index (χ0n) is 16.2. The molecule has 8 nitrogen and oxygen atoms in total. The largest absolute Gasteiger partial charge is 0.508 e. The van der Waals surface area contributed by atoms with E-state index in [1.165, 1.54) is 24.7 Å². The molecule has 160 valence electrons. The summed E-state index contributed by atoms with van der Waals surface area (Å²) in [6, 6.07) is 13.6. The van der Waals surface area contributed by atoms with Crippen LogP contribution in [0.4, 0.5) is 10.5 Å². The first-order valence-electron chi connectivity index (χ1n) is 9.09. The second kappa shape index (κ2) is 12.0. The number of carbonyl (C=O) groups excluding carboxylic acids is 2. The quantitative estimate of drug-likeness (QED) is 0.242. The Bertz CT molecular complexity index is 875. The van der Waals surface area contributed by atoms with Crippen molar-refractivity contribution >= 4 is 33.6 Å². The molecule has 0 spiro atoms. The predicted octanol–water partition coefficient (Wildman–Crippen LogP) is 4.30. The van der Waals surface area contributed by atoms with E-state index >= 15 is 0 Å².